The SMILES string of the molecule is CCCCC#CC1(CCCC)SCCS1. The van der Waals surface area contributed by atoms with Crippen LogP contribution in [0.25, 0.3) is 0 Å². The van der Waals surface area contributed by atoms with Gasteiger partial charge in [-0.25, -0.2) is 0 Å². The smallest absolute Gasteiger partial charge is 0.122 e. The fraction of sp³-hybridized carbons (Fsp3) is 0.846. The van der Waals surface area contributed by atoms with Gasteiger partial charge in [-0.2, -0.15) is 0 Å². The van der Waals surface area contributed by atoms with E-state index in [1.165, 1.54) is 43.6 Å². The van der Waals surface area contributed by atoms with E-state index in [4.69, 9.17) is 0 Å². The summed E-state index contributed by atoms with van der Waals surface area (Å²) in [7, 11) is 0. The normalized spacial score (nSPS) is 18.5. The number of hydrogen-bond acceptors (Lipinski definition) is 2. The number of unbranched alkanes of at least 4 members (excludes halogenated alkanes) is 3. The molecule has 0 aromatic rings. The van der Waals surface area contributed by atoms with Crippen LogP contribution in [0, 0.1) is 11.8 Å². The summed E-state index contributed by atoms with van der Waals surface area (Å²) in [6.45, 7) is 4.50. The molecule has 2 heteroatoms. The van der Waals surface area contributed by atoms with Gasteiger partial charge in [-0.3, -0.25) is 0 Å². The first-order valence-electron chi connectivity index (χ1n) is 6.11. The Morgan fingerprint density at radius 2 is 1.73 bits per heavy atom. The average Bonchev–Trinajstić information content (AvgIpc) is 2.71. The summed E-state index contributed by atoms with van der Waals surface area (Å²) in [6, 6.07) is 0. The lowest BCUT2D eigenvalue weighted by Gasteiger charge is -2.20. The molecule has 0 amide bonds. The molecule has 0 unspecified atom stereocenters. The second-order valence-corrected chi connectivity index (χ2v) is 7.00. The number of hydrogen-bond donors (Lipinski definition) is 0. The van der Waals surface area contributed by atoms with Crippen LogP contribution in [0.5, 0.6) is 0 Å². The van der Waals surface area contributed by atoms with E-state index in [-0.39, 0.29) is 4.08 Å². The predicted molar refractivity (Wildman–Crippen MR) is 74.5 cm³/mol. The van der Waals surface area contributed by atoms with Gasteiger partial charge in [0.05, 0.1) is 0 Å². The van der Waals surface area contributed by atoms with Crippen molar-refractivity contribution in [2.45, 2.75) is 56.5 Å². The summed E-state index contributed by atoms with van der Waals surface area (Å²) < 4.78 is 0.268. The Kier molecular flexibility index (Phi) is 6.68. The van der Waals surface area contributed by atoms with E-state index < -0.39 is 0 Å². The van der Waals surface area contributed by atoms with Crippen molar-refractivity contribution in [3.63, 3.8) is 0 Å². The Morgan fingerprint density at radius 3 is 2.33 bits per heavy atom. The summed E-state index contributed by atoms with van der Waals surface area (Å²) in [5.41, 5.74) is 0. The van der Waals surface area contributed by atoms with Crippen molar-refractivity contribution in [1.29, 1.82) is 0 Å². The van der Waals surface area contributed by atoms with Crippen LogP contribution in [0.4, 0.5) is 0 Å². The zero-order chi connectivity index (χ0) is 11.0. The van der Waals surface area contributed by atoms with Crippen molar-refractivity contribution >= 4 is 23.5 Å². The highest BCUT2D eigenvalue weighted by atomic mass is 32.2. The Morgan fingerprint density at radius 1 is 1.07 bits per heavy atom. The molecule has 0 N–H and O–H groups in total. The summed E-state index contributed by atoms with van der Waals surface area (Å²) >= 11 is 4.15. The lowest BCUT2D eigenvalue weighted by Crippen LogP contribution is -2.13. The first-order chi connectivity index (χ1) is 7.33. The molecule has 1 saturated heterocycles. The molecule has 0 radical (unpaired) electrons. The Labute approximate surface area is 103 Å². The second-order valence-electron chi connectivity index (χ2n) is 3.96. The maximum Gasteiger partial charge on any atom is 0.122 e. The lowest BCUT2D eigenvalue weighted by molar-refractivity contribution is 0.725. The van der Waals surface area contributed by atoms with Crippen LogP contribution >= 0.6 is 23.5 Å². The standard InChI is InChI=1S/C13H22S2/c1-3-5-7-8-10-13(9-6-4-2)14-11-12-15-13/h3-7,9,11-12H2,1-2H3. The van der Waals surface area contributed by atoms with Crippen LogP contribution in [0.3, 0.4) is 0 Å². The fourth-order valence-electron chi connectivity index (χ4n) is 1.61. The van der Waals surface area contributed by atoms with Gasteiger partial charge < -0.3 is 0 Å². The van der Waals surface area contributed by atoms with Gasteiger partial charge >= 0.3 is 0 Å². The summed E-state index contributed by atoms with van der Waals surface area (Å²) in [5.74, 6) is 9.50. The van der Waals surface area contributed by atoms with E-state index in [0.717, 1.165) is 6.42 Å². The van der Waals surface area contributed by atoms with Crippen molar-refractivity contribution in [1.82, 2.24) is 0 Å². The molecule has 0 bridgehead atoms. The van der Waals surface area contributed by atoms with Gasteiger partial charge in [0.25, 0.3) is 0 Å². The minimum Gasteiger partial charge on any atom is -0.131 e. The molecule has 0 spiro atoms. The highest BCUT2D eigenvalue weighted by Gasteiger charge is 2.32. The minimum atomic E-state index is 0.268. The zero-order valence-electron chi connectivity index (χ0n) is 9.97. The third kappa shape index (κ3) is 4.74. The van der Waals surface area contributed by atoms with Gasteiger partial charge in [-0.05, 0) is 12.8 Å². The number of rotatable bonds is 5. The largest absolute Gasteiger partial charge is 0.131 e. The molecule has 0 aromatic heterocycles. The highest BCUT2D eigenvalue weighted by Crippen LogP contribution is 2.46. The highest BCUT2D eigenvalue weighted by molar-refractivity contribution is 8.21. The monoisotopic (exact) mass is 242 g/mol. The minimum absolute atomic E-state index is 0.268. The molecule has 0 saturated carbocycles. The van der Waals surface area contributed by atoms with Gasteiger partial charge in [0.2, 0.25) is 0 Å². The van der Waals surface area contributed by atoms with Crippen LogP contribution < -0.4 is 0 Å². The van der Waals surface area contributed by atoms with Crippen LogP contribution in [0.1, 0.15) is 52.4 Å². The fourth-order valence-corrected chi connectivity index (χ4v) is 4.63. The zero-order valence-corrected chi connectivity index (χ0v) is 11.6. The first kappa shape index (κ1) is 13.3. The molecule has 0 aromatic carbocycles. The topological polar surface area (TPSA) is 0 Å². The molecule has 0 nitrogen and oxygen atoms in total. The maximum atomic E-state index is 3.54. The summed E-state index contributed by atoms with van der Waals surface area (Å²) in [6.07, 6.45) is 7.49. The van der Waals surface area contributed by atoms with Gasteiger partial charge in [0.15, 0.2) is 0 Å². The van der Waals surface area contributed by atoms with Crippen molar-refractivity contribution in [3.8, 4) is 11.8 Å². The average molecular weight is 242 g/mol. The summed E-state index contributed by atoms with van der Waals surface area (Å²) in [4.78, 5) is 0. The Balaban J connectivity index is 2.43. The van der Waals surface area contributed by atoms with Crippen molar-refractivity contribution < 1.29 is 0 Å². The third-order valence-electron chi connectivity index (χ3n) is 2.55. The molecule has 1 rings (SSSR count). The lowest BCUT2D eigenvalue weighted by atomic mass is 10.2. The Hall–Kier alpha value is 0.260. The quantitative estimate of drug-likeness (QED) is 0.512. The first-order valence-corrected chi connectivity index (χ1v) is 8.08. The van der Waals surface area contributed by atoms with Crippen LogP contribution in [0.2, 0.25) is 0 Å². The Bertz CT molecular complexity index is 218. The molecule has 1 heterocycles. The van der Waals surface area contributed by atoms with Crippen LogP contribution in [-0.2, 0) is 0 Å². The third-order valence-corrected chi connectivity index (χ3v) is 5.87. The van der Waals surface area contributed by atoms with Crippen molar-refractivity contribution in [2.75, 3.05) is 11.5 Å². The van der Waals surface area contributed by atoms with Crippen LogP contribution in [-0.4, -0.2) is 15.6 Å². The van der Waals surface area contributed by atoms with Gasteiger partial charge in [-0.1, -0.05) is 39.0 Å². The van der Waals surface area contributed by atoms with E-state index >= 15 is 0 Å². The van der Waals surface area contributed by atoms with E-state index in [2.05, 4.69) is 49.2 Å². The molecular weight excluding hydrogens is 220 g/mol. The second kappa shape index (κ2) is 7.52. The van der Waals surface area contributed by atoms with Crippen molar-refractivity contribution in [3.05, 3.63) is 0 Å². The predicted octanol–water partition coefficient (Wildman–Crippen LogP) is 4.55. The van der Waals surface area contributed by atoms with E-state index in [9.17, 15) is 0 Å². The van der Waals surface area contributed by atoms with E-state index in [0.29, 0.717) is 0 Å². The molecule has 0 aliphatic carbocycles. The van der Waals surface area contributed by atoms with E-state index in [1.54, 1.807) is 0 Å². The molecule has 15 heavy (non-hydrogen) atoms. The molecule has 1 aliphatic heterocycles. The molecule has 1 fully saturated rings. The molecule has 0 atom stereocenters. The van der Waals surface area contributed by atoms with Gasteiger partial charge in [0.1, 0.15) is 4.08 Å². The maximum absolute atomic E-state index is 3.54. The summed E-state index contributed by atoms with van der Waals surface area (Å²) in [5, 5.41) is 0. The van der Waals surface area contributed by atoms with Gasteiger partial charge in [0, 0.05) is 17.9 Å². The van der Waals surface area contributed by atoms with E-state index in [1.807, 2.05) is 0 Å². The van der Waals surface area contributed by atoms with Gasteiger partial charge in [-0.15, -0.1) is 29.4 Å². The molecular formula is C13H22S2. The molecule has 1 aliphatic rings. The van der Waals surface area contributed by atoms with Crippen LogP contribution in [0.15, 0.2) is 0 Å². The molecule has 86 valence electrons. The van der Waals surface area contributed by atoms with Crippen molar-refractivity contribution in [2.24, 2.45) is 0 Å². The number of thioether (sulfide) groups is 2.